The summed E-state index contributed by atoms with van der Waals surface area (Å²) in [7, 11) is 1.61. The van der Waals surface area contributed by atoms with E-state index >= 15 is 0 Å². The van der Waals surface area contributed by atoms with Crippen molar-refractivity contribution < 1.29 is 14.0 Å². The molecule has 2 aromatic rings. The molecule has 5 nitrogen and oxygen atoms in total. The van der Waals surface area contributed by atoms with Crippen molar-refractivity contribution in [3.8, 4) is 0 Å². The normalized spacial score (nSPS) is 10.2. The summed E-state index contributed by atoms with van der Waals surface area (Å²) >= 11 is 0. The van der Waals surface area contributed by atoms with Crippen molar-refractivity contribution >= 4 is 11.8 Å². The van der Waals surface area contributed by atoms with Crippen LogP contribution in [0.1, 0.15) is 26.3 Å². The van der Waals surface area contributed by atoms with Crippen LogP contribution in [0.3, 0.4) is 0 Å². The van der Waals surface area contributed by atoms with Gasteiger partial charge in [0.25, 0.3) is 5.91 Å². The lowest BCUT2D eigenvalue weighted by atomic mass is 10.1. The van der Waals surface area contributed by atoms with Crippen molar-refractivity contribution in [2.75, 3.05) is 7.05 Å². The number of hydrogen-bond donors (Lipinski definition) is 1. The minimum absolute atomic E-state index is 0.235. The summed E-state index contributed by atoms with van der Waals surface area (Å²) < 4.78 is 13.0. The van der Waals surface area contributed by atoms with E-state index in [1.807, 2.05) is 0 Å². The molecule has 0 spiro atoms. The van der Waals surface area contributed by atoms with Crippen LogP contribution in [0, 0.1) is 5.95 Å². The first-order valence-corrected chi connectivity index (χ1v) is 6.23. The van der Waals surface area contributed by atoms with Crippen LogP contribution in [0.5, 0.6) is 0 Å². The fraction of sp³-hybridized carbons (Fsp3) is 0.133. The third kappa shape index (κ3) is 3.62. The van der Waals surface area contributed by atoms with Gasteiger partial charge < -0.3 is 10.6 Å². The molecule has 2 N–H and O–H groups in total. The van der Waals surface area contributed by atoms with Gasteiger partial charge in [-0.05, 0) is 23.8 Å². The smallest absolute Gasteiger partial charge is 0.254 e. The monoisotopic (exact) mass is 287 g/mol. The summed E-state index contributed by atoms with van der Waals surface area (Å²) in [5.41, 5.74) is 6.64. The molecule has 0 aliphatic carbocycles. The van der Waals surface area contributed by atoms with Gasteiger partial charge in [-0.25, -0.2) is 4.98 Å². The van der Waals surface area contributed by atoms with Crippen molar-refractivity contribution in [1.29, 1.82) is 0 Å². The first kappa shape index (κ1) is 14.6. The number of primary amides is 1. The Bertz CT molecular complexity index is 671. The van der Waals surface area contributed by atoms with Gasteiger partial charge in [0, 0.05) is 37.0 Å². The van der Waals surface area contributed by atoms with E-state index in [0.29, 0.717) is 12.1 Å². The number of hydrogen-bond acceptors (Lipinski definition) is 3. The highest BCUT2D eigenvalue weighted by atomic mass is 19.1. The molecule has 0 unspecified atom stereocenters. The van der Waals surface area contributed by atoms with Crippen LogP contribution in [0.25, 0.3) is 0 Å². The second kappa shape index (κ2) is 6.13. The molecule has 1 aromatic heterocycles. The molecule has 21 heavy (non-hydrogen) atoms. The molecule has 0 atom stereocenters. The lowest BCUT2D eigenvalue weighted by molar-refractivity contribution is 0.0784. The first-order valence-electron chi connectivity index (χ1n) is 6.23. The van der Waals surface area contributed by atoms with Crippen LogP contribution >= 0.6 is 0 Å². The van der Waals surface area contributed by atoms with E-state index < -0.39 is 11.9 Å². The number of carbonyl (C=O) groups is 2. The van der Waals surface area contributed by atoms with Gasteiger partial charge in [-0.2, -0.15) is 4.39 Å². The number of nitrogens with two attached hydrogens (primary N) is 1. The van der Waals surface area contributed by atoms with Crippen molar-refractivity contribution in [2.24, 2.45) is 5.73 Å². The Labute approximate surface area is 121 Å². The molecular formula is C15H14FN3O2. The Balaban J connectivity index is 2.08. The molecule has 108 valence electrons. The molecule has 0 saturated carbocycles. The van der Waals surface area contributed by atoms with Crippen molar-refractivity contribution in [2.45, 2.75) is 6.54 Å². The van der Waals surface area contributed by atoms with Crippen LogP contribution in [0.15, 0.2) is 42.6 Å². The Hall–Kier alpha value is -2.76. The number of halogens is 1. The van der Waals surface area contributed by atoms with Gasteiger partial charge in [-0.3, -0.25) is 9.59 Å². The fourth-order valence-electron chi connectivity index (χ4n) is 1.88. The zero-order valence-corrected chi connectivity index (χ0v) is 11.4. The molecule has 0 radical (unpaired) electrons. The number of aromatic nitrogens is 1. The Kier molecular flexibility index (Phi) is 4.27. The fourth-order valence-corrected chi connectivity index (χ4v) is 1.88. The van der Waals surface area contributed by atoms with Crippen molar-refractivity contribution in [3.05, 3.63) is 65.2 Å². The highest BCUT2D eigenvalue weighted by Gasteiger charge is 2.13. The van der Waals surface area contributed by atoms with E-state index in [9.17, 15) is 14.0 Å². The highest BCUT2D eigenvalue weighted by Crippen LogP contribution is 2.10. The van der Waals surface area contributed by atoms with Gasteiger partial charge in [0.15, 0.2) is 0 Å². The summed E-state index contributed by atoms with van der Waals surface area (Å²) in [6.45, 7) is 0.335. The standard InChI is InChI=1S/C15H14FN3O2/c1-19(15(21)12-6-7-18-13(16)8-12)9-10-2-4-11(5-3-10)14(17)20/h2-8H,9H2,1H3,(H2,17,20). The molecule has 1 aromatic carbocycles. The zero-order valence-electron chi connectivity index (χ0n) is 11.4. The second-order valence-electron chi connectivity index (χ2n) is 4.59. The average molecular weight is 287 g/mol. The lowest BCUT2D eigenvalue weighted by Crippen LogP contribution is -2.26. The number of amides is 2. The van der Waals surface area contributed by atoms with E-state index in [1.165, 1.54) is 17.2 Å². The number of benzene rings is 1. The third-order valence-electron chi connectivity index (χ3n) is 2.98. The predicted molar refractivity (Wildman–Crippen MR) is 75.0 cm³/mol. The number of rotatable bonds is 4. The van der Waals surface area contributed by atoms with Crippen molar-refractivity contribution in [1.82, 2.24) is 9.88 Å². The minimum Gasteiger partial charge on any atom is -0.366 e. The predicted octanol–water partition coefficient (Wildman–Crippen LogP) is 1.59. The molecule has 2 rings (SSSR count). The van der Waals surface area contributed by atoms with E-state index in [4.69, 9.17) is 5.73 Å². The van der Waals surface area contributed by atoms with Gasteiger partial charge in [0.2, 0.25) is 11.9 Å². The SMILES string of the molecule is CN(Cc1ccc(C(N)=O)cc1)C(=O)c1ccnc(F)c1. The third-order valence-corrected chi connectivity index (χ3v) is 2.98. The lowest BCUT2D eigenvalue weighted by Gasteiger charge is -2.17. The van der Waals surface area contributed by atoms with Gasteiger partial charge >= 0.3 is 0 Å². The van der Waals surface area contributed by atoms with Crippen LogP contribution in [0.4, 0.5) is 4.39 Å². The largest absolute Gasteiger partial charge is 0.366 e. The number of carbonyl (C=O) groups excluding carboxylic acids is 2. The maximum absolute atomic E-state index is 13.0. The number of pyridine rings is 1. The molecule has 0 bridgehead atoms. The van der Waals surface area contributed by atoms with E-state index in [1.54, 1.807) is 31.3 Å². The Morgan fingerprint density at radius 3 is 2.43 bits per heavy atom. The Morgan fingerprint density at radius 1 is 1.19 bits per heavy atom. The van der Waals surface area contributed by atoms with Crippen LogP contribution in [-0.2, 0) is 6.54 Å². The summed E-state index contributed by atoms with van der Waals surface area (Å²) in [5, 5.41) is 0. The summed E-state index contributed by atoms with van der Waals surface area (Å²) in [5.74, 6) is -1.51. The van der Waals surface area contributed by atoms with E-state index in [-0.39, 0.29) is 11.5 Å². The minimum atomic E-state index is -0.694. The molecular weight excluding hydrogens is 273 g/mol. The summed E-state index contributed by atoms with van der Waals surface area (Å²) in [6, 6.07) is 9.19. The summed E-state index contributed by atoms with van der Waals surface area (Å²) in [6.07, 6.45) is 1.25. The maximum atomic E-state index is 13.0. The summed E-state index contributed by atoms with van der Waals surface area (Å²) in [4.78, 5) is 28.0. The molecule has 6 heteroatoms. The second-order valence-corrected chi connectivity index (χ2v) is 4.59. The molecule has 0 saturated heterocycles. The molecule has 0 fully saturated rings. The number of nitrogens with zero attached hydrogens (tertiary/aromatic N) is 2. The maximum Gasteiger partial charge on any atom is 0.254 e. The van der Waals surface area contributed by atoms with Gasteiger partial charge in [0.1, 0.15) is 0 Å². The quantitative estimate of drug-likeness (QED) is 0.868. The van der Waals surface area contributed by atoms with Gasteiger partial charge in [0.05, 0.1) is 0 Å². The van der Waals surface area contributed by atoms with Gasteiger partial charge in [-0.15, -0.1) is 0 Å². The average Bonchev–Trinajstić information content (AvgIpc) is 2.47. The van der Waals surface area contributed by atoms with E-state index in [2.05, 4.69) is 4.98 Å². The zero-order chi connectivity index (χ0) is 15.4. The van der Waals surface area contributed by atoms with Crippen LogP contribution in [-0.4, -0.2) is 28.7 Å². The topological polar surface area (TPSA) is 76.3 Å². The Morgan fingerprint density at radius 2 is 1.86 bits per heavy atom. The van der Waals surface area contributed by atoms with Crippen LogP contribution in [0.2, 0.25) is 0 Å². The molecule has 0 aliphatic heterocycles. The van der Waals surface area contributed by atoms with Crippen LogP contribution < -0.4 is 5.73 Å². The first-order chi connectivity index (χ1) is 9.97. The molecule has 1 heterocycles. The highest BCUT2D eigenvalue weighted by molar-refractivity contribution is 5.94. The molecule has 2 amide bonds. The van der Waals surface area contributed by atoms with Gasteiger partial charge in [-0.1, -0.05) is 12.1 Å². The van der Waals surface area contributed by atoms with Crippen molar-refractivity contribution in [3.63, 3.8) is 0 Å². The molecule has 0 aliphatic rings. The van der Waals surface area contributed by atoms with E-state index in [0.717, 1.165) is 11.6 Å².